The number of carbonyl (C=O) groups is 1. The predicted molar refractivity (Wildman–Crippen MR) is 67.7 cm³/mol. The molecule has 5 heteroatoms. The van der Waals surface area contributed by atoms with E-state index < -0.39 is 11.8 Å². The molecule has 1 heterocycles. The molecule has 0 saturated heterocycles. The number of benzene rings is 1. The van der Waals surface area contributed by atoms with Crippen molar-refractivity contribution in [1.82, 2.24) is 4.98 Å². The van der Waals surface area contributed by atoms with E-state index in [1.165, 1.54) is 12.1 Å². The van der Waals surface area contributed by atoms with Crippen LogP contribution in [0.4, 0.5) is 4.39 Å². The van der Waals surface area contributed by atoms with Crippen LogP contribution >= 0.6 is 0 Å². The average Bonchev–Trinajstić information content (AvgIpc) is 2.72. The van der Waals surface area contributed by atoms with Crippen LogP contribution in [-0.4, -0.2) is 16.1 Å². The van der Waals surface area contributed by atoms with Crippen molar-refractivity contribution in [2.45, 2.75) is 26.7 Å². The molecule has 0 aliphatic carbocycles. The van der Waals surface area contributed by atoms with E-state index in [-0.39, 0.29) is 17.6 Å². The number of rotatable bonds is 3. The van der Waals surface area contributed by atoms with E-state index in [1.807, 2.05) is 13.8 Å². The normalized spacial score (nSPS) is 11.0. The van der Waals surface area contributed by atoms with E-state index in [9.17, 15) is 9.18 Å². The maximum atomic E-state index is 13.4. The van der Waals surface area contributed by atoms with Gasteiger partial charge in [-0.25, -0.2) is 14.2 Å². The fourth-order valence-corrected chi connectivity index (χ4v) is 1.86. The Morgan fingerprint density at radius 1 is 1.37 bits per heavy atom. The monoisotopic (exact) mass is 263 g/mol. The molecule has 1 aromatic carbocycles. The lowest BCUT2D eigenvalue weighted by Gasteiger charge is -1.99. The van der Waals surface area contributed by atoms with Crippen molar-refractivity contribution < 1.29 is 18.7 Å². The van der Waals surface area contributed by atoms with Gasteiger partial charge in [-0.15, -0.1) is 0 Å². The average molecular weight is 263 g/mol. The lowest BCUT2D eigenvalue weighted by Crippen LogP contribution is -2.01. The lowest BCUT2D eigenvalue weighted by atomic mass is 10.1. The van der Waals surface area contributed by atoms with Gasteiger partial charge in [-0.05, 0) is 36.6 Å². The zero-order valence-corrected chi connectivity index (χ0v) is 10.9. The second kappa shape index (κ2) is 4.84. The number of nitrogens with zero attached hydrogens (tertiary/aromatic N) is 1. The first-order valence-electron chi connectivity index (χ1n) is 5.90. The first kappa shape index (κ1) is 13.3. The molecule has 0 aliphatic heterocycles. The molecule has 19 heavy (non-hydrogen) atoms. The second-order valence-corrected chi connectivity index (χ2v) is 4.71. The van der Waals surface area contributed by atoms with Crippen LogP contribution in [0.25, 0.3) is 11.5 Å². The number of hydrogen-bond acceptors (Lipinski definition) is 3. The minimum Gasteiger partial charge on any atom is -0.475 e. The van der Waals surface area contributed by atoms with E-state index in [4.69, 9.17) is 9.52 Å². The molecule has 0 fully saturated rings. The standard InChI is InChI=1S/C14H14FNO3/c1-7(2)11-12(14(17)18)19-13(16-11)9-4-8(3)5-10(15)6-9/h4-7H,1-3H3,(H,17,18). The highest BCUT2D eigenvalue weighted by atomic mass is 19.1. The van der Waals surface area contributed by atoms with E-state index >= 15 is 0 Å². The van der Waals surface area contributed by atoms with Crippen LogP contribution in [0.1, 0.15) is 41.6 Å². The number of aromatic nitrogens is 1. The SMILES string of the molecule is Cc1cc(F)cc(-c2nc(C(C)C)c(C(=O)O)o2)c1. The Hall–Kier alpha value is -2.17. The first-order valence-corrected chi connectivity index (χ1v) is 5.90. The number of oxazole rings is 1. The van der Waals surface area contributed by atoms with Crippen LogP contribution in [0, 0.1) is 12.7 Å². The Morgan fingerprint density at radius 2 is 2.05 bits per heavy atom. The molecule has 1 N–H and O–H groups in total. The van der Waals surface area contributed by atoms with Crippen LogP contribution in [0.3, 0.4) is 0 Å². The molecule has 4 nitrogen and oxygen atoms in total. The molecule has 0 amide bonds. The third kappa shape index (κ3) is 2.65. The van der Waals surface area contributed by atoms with Gasteiger partial charge in [0.05, 0.1) is 5.69 Å². The summed E-state index contributed by atoms with van der Waals surface area (Å²) in [7, 11) is 0. The summed E-state index contributed by atoms with van der Waals surface area (Å²) in [6, 6.07) is 4.35. The minimum absolute atomic E-state index is 0.0849. The number of aryl methyl sites for hydroxylation is 1. The van der Waals surface area contributed by atoms with Crippen molar-refractivity contribution in [3.8, 4) is 11.5 Å². The summed E-state index contributed by atoms with van der Waals surface area (Å²) in [5.74, 6) is -1.72. The van der Waals surface area contributed by atoms with Crippen LogP contribution < -0.4 is 0 Å². The smallest absolute Gasteiger partial charge is 0.373 e. The number of hydrogen-bond donors (Lipinski definition) is 1. The predicted octanol–water partition coefficient (Wildman–Crippen LogP) is 3.61. The van der Waals surface area contributed by atoms with Crippen LogP contribution in [0.15, 0.2) is 22.6 Å². The van der Waals surface area contributed by atoms with Crippen molar-refractivity contribution >= 4 is 5.97 Å². The van der Waals surface area contributed by atoms with E-state index in [0.29, 0.717) is 11.3 Å². The Bertz CT molecular complexity index is 611. The zero-order valence-electron chi connectivity index (χ0n) is 10.9. The summed E-state index contributed by atoms with van der Waals surface area (Å²) in [4.78, 5) is 15.3. The third-order valence-electron chi connectivity index (χ3n) is 2.68. The van der Waals surface area contributed by atoms with Gasteiger partial charge in [0.25, 0.3) is 0 Å². The molecule has 0 radical (unpaired) electrons. The van der Waals surface area contributed by atoms with Crippen molar-refractivity contribution in [3.63, 3.8) is 0 Å². The molecule has 0 aliphatic rings. The van der Waals surface area contributed by atoms with Crippen molar-refractivity contribution in [2.75, 3.05) is 0 Å². The lowest BCUT2D eigenvalue weighted by molar-refractivity contribution is 0.0661. The number of carboxylic acids is 1. The van der Waals surface area contributed by atoms with Gasteiger partial charge in [0.2, 0.25) is 11.7 Å². The maximum absolute atomic E-state index is 13.4. The summed E-state index contributed by atoms with van der Waals surface area (Å²) in [6.45, 7) is 5.40. The van der Waals surface area contributed by atoms with Gasteiger partial charge in [-0.1, -0.05) is 13.8 Å². The van der Waals surface area contributed by atoms with E-state index in [2.05, 4.69) is 4.98 Å². The molecule has 2 aromatic rings. The van der Waals surface area contributed by atoms with Gasteiger partial charge in [-0.2, -0.15) is 0 Å². The maximum Gasteiger partial charge on any atom is 0.373 e. The summed E-state index contributed by atoms with van der Waals surface area (Å²) in [5, 5.41) is 9.08. The van der Waals surface area contributed by atoms with Gasteiger partial charge < -0.3 is 9.52 Å². The molecular weight excluding hydrogens is 249 g/mol. The van der Waals surface area contributed by atoms with Gasteiger partial charge in [0, 0.05) is 5.56 Å². The molecular formula is C14H14FNO3. The Kier molecular flexibility index (Phi) is 3.38. The highest BCUT2D eigenvalue weighted by Crippen LogP contribution is 2.27. The topological polar surface area (TPSA) is 63.3 Å². The number of halogens is 1. The van der Waals surface area contributed by atoms with Crippen LogP contribution in [-0.2, 0) is 0 Å². The summed E-state index contributed by atoms with van der Waals surface area (Å²) >= 11 is 0. The van der Waals surface area contributed by atoms with Crippen LogP contribution in [0.5, 0.6) is 0 Å². The molecule has 2 rings (SSSR count). The largest absolute Gasteiger partial charge is 0.475 e. The van der Waals surface area contributed by atoms with Gasteiger partial charge in [-0.3, -0.25) is 0 Å². The Balaban J connectivity index is 2.57. The number of carboxylic acid groups (broad SMARTS) is 1. The fourth-order valence-electron chi connectivity index (χ4n) is 1.86. The Morgan fingerprint density at radius 3 is 2.53 bits per heavy atom. The highest BCUT2D eigenvalue weighted by molar-refractivity contribution is 5.86. The number of aromatic carboxylic acids is 1. The quantitative estimate of drug-likeness (QED) is 0.918. The fraction of sp³-hybridized carbons (Fsp3) is 0.286. The summed E-state index contributed by atoms with van der Waals surface area (Å²) < 4.78 is 18.6. The van der Waals surface area contributed by atoms with E-state index in [1.54, 1.807) is 13.0 Å². The zero-order chi connectivity index (χ0) is 14.2. The minimum atomic E-state index is -1.17. The third-order valence-corrected chi connectivity index (χ3v) is 2.68. The highest BCUT2D eigenvalue weighted by Gasteiger charge is 2.22. The van der Waals surface area contributed by atoms with Gasteiger partial charge in [0.1, 0.15) is 5.82 Å². The second-order valence-electron chi connectivity index (χ2n) is 4.71. The first-order chi connectivity index (χ1) is 8.88. The molecule has 0 unspecified atom stereocenters. The Labute approximate surface area is 109 Å². The summed E-state index contributed by atoms with van der Waals surface area (Å²) in [6.07, 6.45) is 0. The molecule has 0 bridgehead atoms. The molecule has 1 aromatic heterocycles. The van der Waals surface area contributed by atoms with Gasteiger partial charge >= 0.3 is 5.97 Å². The molecule has 0 atom stereocenters. The molecule has 0 saturated carbocycles. The van der Waals surface area contributed by atoms with Gasteiger partial charge in [0.15, 0.2) is 0 Å². The van der Waals surface area contributed by atoms with Crippen molar-refractivity contribution in [3.05, 3.63) is 41.0 Å². The summed E-state index contributed by atoms with van der Waals surface area (Å²) in [5.41, 5.74) is 1.52. The van der Waals surface area contributed by atoms with Crippen molar-refractivity contribution in [2.24, 2.45) is 0 Å². The molecule has 0 spiro atoms. The molecule has 100 valence electrons. The van der Waals surface area contributed by atoms with Crippen LogP contribution in [0.2, 0.25) is 0 Å². The van der Waals surface area contributed by atoms with Crippen molar-refractivity contribution in [1.29, 1.82) is 0 Å². The van der Waals surface area contributed by atoms with E-state index in [0.717, 1.165) is 5.56 Å².